The van der Waals surface area contributed by atoms with Crippen molar-refractivity contribution in [3.8, 4) is 12.1 Å². The molecule has 9 heteroatoms. The second-order valence-corrected chi connectivity index (χ2v) is 7.71. The molecule has 0 saturated heterocycles. The Morgan fingerprint density at radius 2 is 1.71 bits per heavy atom. The maximum atomic E-state index is 9.36. The second-order valence-electron chi connectivity index (χ2n) is 6.72. The lowest BCUT2D eigenvalue weighted by Gasteiger charge is -2.25. The summed E-state index contributed by atoms with van der Waals surface area (Å²) in [5.74, 6) is 0. The molecule has 0 unspecified atom stereocenters. The van der Waals surface area contributed by atoms with Crippen LogP contribution in [0, 0.1) is 36.5 Å². The number of nitrogens with zero attached hydrogens (tertiary/aromatic N) is 5. The van der Waals surface area contributed by atoms with Crippen LogP contribution in [0.2, 0.25) is 0 Å². The predicted molar refractivity (Wildman–Crippen MR) is 121 cm³/mol. The minimum Gasteiger partial charge on any atom is -0.383 e. The van der Waals surface area contributed by atoms with Crippen molar-refractivity contribution in [1.82, 2.24) is 0 Å². The number of hydrogen-bond donors (Lipinski definition) is 0. The molecule has 0 radical (unpaired) electrons. The topological polar surface area (TPSA) is 103 Å². The zero-order chi connectivity index (χ0) is 22.6. The summed E-state index contributed by atoms with van der Waals surface area (Å²) in [6.07, 6.45) is 0. The Bertz CT molecular complexity index is 975. The molecule has 0 aliphatic carbocycles. The van der Waals surface area contributed by atoms with Gasteiger partial charge in [-0.25, -0.2) is 0 Å². The van der Waals surface area contributed by atoms with Crippen molar-refractivity contribution in [2.75, 3.05) is 58.6 Å². The minimum atomic E-state index is 0.402. The van der Waals surface area contributed by atoms with Crippen molar-refractivity contribution in [2.24, 2.45) is 10.2 Å². The van der Waals surface area contributed by atoms with E-state index in [9.17, 15) is 10.5 Å². The van der Waals surface area contributed by atoms with Crippen molar-refractivity contribution < 1.29 is 14.2 Å². The van der Waals surface area contributed by atoms with E-state index in [4.69, 9.17) is 14.2 Å². The van der Waals surface area contributed by atoms with Crippen LogP contribution in [0.25, 0.3) is 0 Å². The first-order valence-electron chi connectivity index (χ1n) is 9.82. The van der Waals surface area contributed by atoms with Gasteiger partial charge in [-0.3, -0.25) is 0 Å². The molecule has 1 heterocycles. The Morgan fingerprint density at radius 3 is 2.35 bits per heavy atom. The van der Waals surface area contributed by atoms with Gasteiger partial charge >= 0.3 is 0 Å². The highest BCUT2D eigenvalue weighted by Crippen LogP contribution is 2.36. The molecular formula is C22H27N5O3S. The first kappa shape index (κ1) is 24.4. The van der Waals surface area contributed by atoms with E-state index < -0.39 is 0 Å². The third-order valence-electron chi connectivity index (χ3n) is 4.64. The summed E-state index contributed by atoms with van der Waals surface area (Å²) in [6.45, 7) is 7.51. The van der Waals surface area contributed by atoms with Gasteiger partial charge in [0.25, 0.3) is 0 Å². The second kappa shape index (κ2) is 12.8. The van der Waals surface area contributed by atoms with Gasteiger partial charge in [-0.05, 0) is 43.2 Å². The molecule has 0 aliphatic heterocycles. The summed E-state index contributed by atoms with van der Waals surface area (Å²) < 4.78 is 15.8. The fraction of sp³-hybridized carbons (Fsp3) is 0.455. The Balaban J connectivity index is 2.16. The number of benzene rings is 1. The van der Waals surface area contributed by atoms with Crippen LogP contribution >= 0.6 is 11.3 Å². The van der Waals surface area contributed by atoms with E-state index in [1.54, 1.807) is 21.1 Å². The van der Waals surface area contributed by atoms with Gasteiger partial charge in [0.05, 0.1) is 37.7 Å². The van der Waals surface area contributed by atoms with Crippen LogP contribution in [0.15, 0.2) is 28.4 Å². The van der Waals surface area contributed by atoms with E-state index in [0.717, 1.165) is 24.3 Å². The van der Waals surface area contributed by atoms with Crippen molar-refractivity contribution in [2.45, 2.75) is 13.8 Å². The highest BCUT2D eigenvalue weighted by Gasteiger charge is 2.15. The van der Waals surface area contributed by atoms with E-state index in [-0.39, 0.29) is 0 Å². The number of rotatable bonds is 12. The summed E-state index contributed by atoms with van der Waals surface area (Å²) in [4.78, 5) is 2.68. The van der Waals surface area contributed by atoms with Crippen LogP contribution in [-0.4, -0.2) is 53.7 Å². The summed E-state index contributed by atoms with van der Waals surface area (Å²) in [5.41, 5.74) is 3.76. The zero-order valence-electron chi connectivity index (χ0n) is 18.3. The molecule has 31 heavy (non-hydrogen) atoms. The third kappa shape index (κ3) is 6.84. The molecule has 0 amide bonds. The average Bonchev–Trinajstić information content (AvgIpc) is 3.09. The molecule has 0 bridgehead atoms. The van der Waals surface area contributed by atoms with E-state index in [1.807, 2.05) is 25.1 Å². The molecule has 0 N–H and O–H groups in total. The Hall–Kier alpha value is -2.82. The molecule has 0 aliphatic rings. The SMILES string of the molecule is COCCOCCN(CCOC)c1ccc(N=Nc2sc(C#N)c(C)c2C#N)c(C)c1. The van der Waals surface area contributed by atoms with E-state index in [0.29, 0.717) is 53.1 Å². The van der Waals surface area contributed by atoms with Gasteiger partial charge in [-0.1, -0.05) is 0 Å². The molecule has 1 aromatic heterocycles. The van der Waals surface area contributed by atoms with Gasteiger partial charge in [0.2, 0.25) is 0 Å². The largest absolute Gasteiger partial charge is 0.383 e. The number of hydrogen-bond acceptors (Lipinski definition) is 9. The van der Waals surface area contributed by atoms with Gasteiger partial charge in [0.15, 0.2) is 5.00 Å². The lowest BCUT2D eigenvalue weighted by molar-refractivity contribution is 0.0736. The molecule has 164 valence electrons. The van der Waals surface area contributed by atoms with Gasteiger partial charge in [0, 0.05) is 33.0 Å². The third-order valence-corrected chi connectivity index (χ3v) is 5.72. The van der Waals surface area contributed by atoms with Crippen LogP contribution in [0.5, 0.6) is 0 Å². The molecule has 1 aromatic carbocycles. The van der Waals surface area contributed by atoms with Crippen LogP contribution in [0.4, 0.5) is 16.4 Å². The predicted octanol–water partition coefficient (Wildman–Crippen LogP) is 4.64. The van der Waals surface area contributed by atoms with Crippen LogP contribution in [0.1, 0.15) is 21.6 Å². The summed E-state index contributed by atoms with van der Waals surface area (Å²) in [7, 11) is 3.33. The summed E-state index contributed by atoms with van der Waals surface area (Å²) in [5, 5.41) is 27.6. The number of thiophene rings is 1. The number of anilines is 1. The summed E-state index contributed by atoms with van der Waals surface area (Å²) in [6, 6.07) is 10.1. The molecule has 0 saturated carbocycles. The maximum Gasteiger partial charge on any atom is 0.158 e. The molecule has 0 atom stereocenters. The van der Waals surface area contributed by atoms with Crippen LogP contribution < -0.4 is 4.90 Å². The van der Waals surface area contributed by atoms with E-state index in [1.165, 1.54) is 11.3 Å². The quantitative estimate of drug-likeness (QED) is 0.351. The first-order chi connectivity index (χ1) is 15.0. The van der Waals surface area contributed by atoms with Crippen molar-refractivity contribution >= 4 is 27.7 Å². The minimum absolute atomic E-state index is 0.402. The monoisotopic (exact) mass is 441 g/mol. The highest BCUT2D eigenvalue weighted by molar-refractivity contribution is 7.16. The first-order valence-corrected chi connectivity index (χ1v) is 10.6. The molecular weight excluding hydrogens is 414 g/mol. The molecule has 2 aromatic rings. The Labute approximate surface area is 187 Å². The standard InChI is InChI=1S/C22H27N5O3S/c1-16-13-18(27(7-9-28-3)8-10-30-12-11-29-4)5-6-20(16)25-26-22-19(14-23)17(2)21(15-24)31-22/h5-6,13H,7-12H2,1-4H3. The molecule has 0 fully saturated rings. The molecule has 2 rings (SSSR count). The number of azo groups is 1. The smallest absolute Gasteiger partial charge is 0.158 e. The van der Waals surface area contributed by atoms with Gasteiger partial charge in [-0.15, -0.1) is 21.6 Å². The van der Waals surface area contributed by atoms with Crippen molar-refractivity contribution in [1.29, 1.82) is 10.5 Å². The lowest BCUT2D eigenvalue weighted by atomic mass is 10.1. The number of nitriles is 2. The van der Waals surface area contributed by atoms with Crippen LogP contribution in [-0.2, 0) is 14.2 Å². The highest BCUT2D eigenvalue weighted by atomic mass is 32.1. The lowest BCUT2D eigenvalue weighted by Crippen LogP contribution is -2.31. The van der Waals surface area contributed by atoms with Gasteiger partial charge in [-0.2, -0.15) is 10.5 Å². The van der Waals surface area contributed by atoms with Crippen LogP contribution in [0.3, 0.4) is 0 Å². The number of methoxy groups -OCH3 is 2. The number of ether oxygens (including phenoxy) is 3. The maximum absolute atomic E-state index is 9.36. The van der Waals surface area contributed by atoms with E-state index >= 15 is 0 Å². The Kier molecular flexibility index (Phi) is 10.1. The fourth-order valence-electron chi connectivity index (χ4n) is 2.85. The van der Waals surface area contributed by atoms with Gasteiger partial charge in [0.1, 0.15) is 17.0 Å². The fourth-order valence-corrected chi connectivity index (χ4v) is 3.72. The summed E-state index contributed by atoms with van der Waals surface area (Å²) >= 11 is 1.18. The normalized spacial score (nSPS) is 10.9. The van der Waals surface area contributed by atoms with Crippen molar-refractivity contribution in [3.05, 3.63) is 39.8 Å². The number of aryl methyl sites for hydroxylation is 1. The van der Waals surface area contributed by atoms with E-state index in [2.05, 4.69) is 27.3 Å². The molecule has 8 nitrogen and oxygen atoms in total. The zero-order valence-corrected chi connectivity index (χ0v) is 19.2. The van der Waals surface area contributed by atoms with Crippen molar-refractivity contribution in [3.63, 3.8) is 0 Å². The molecule has 0 spiro atoms. The van der Waals surface area contributed by atoms with Gasteiger partial charge < -0.3 is 19.1 Å². The Morgan fingerprint density at radius 1 is 0.968 bits per heavy atom. The average molecular weight is 442 g/mol.